The van der Waals surface area contributed by atoms with Gasteiger partial charge < -0.3 is 10.1 Å². The van der Waals surface area contributed by atoms with Crippen LogP contribution in [0, 0.1) is 0 Å². The second-order valence-electron chi connectivity index (χ2n) is 3.72. The molecule has 0 spiro atoms. The zero-order valence-corrected chi connectivity index (χ0v) is 11.7. The molecule has 4 nitrogen and oxygen atoms in total. The zero-order chi connectivity index (χ0) is 12.0. The Hall–Kier alpha value is -0.390. The summed E-state index contributed by atoms with van der Waals surface area (Å²) < 4.78 is 8.25. The maximum atomic E-state index is 5.13. The highest BCUT2D eigenvalue weighted by molar-refractivity contribution is 9.10. The Balaban J connectivity index is 2.84. The van der Waals surface area contributed by atoms with Gasteiger partial charge in [0.15, 0.2) is 0 Å². The maximum absolute atomic E-state index is 5.13. The average Bonchev–Trinajstić information content (AvgIpc) is 2.63. The van der Waals surface area contributed by atoms with Crippen LogP contribution in [-0.4, -0.2) is 30.5 Å². The molecule has 1 N–H and O–H groups in total. The predicted molar refractivity (Wildman–Crippen MR) is 68.5 cm³/mol. The molecule has 1 aromatic heterocycles. The van der Waals surface area contributed by atoms with E-state index in [9.17, 15) is 0 Å². The molecule has 1 unspecified atom stereocenters. The molecule has 0 saturated heterocycles. The number of aryl methyl sites for hydroxylation is 1. The van der Waals surface area contributed by atoms with Gasteiger partial charge in [-0.3, -0.25) is 4.68 Å². The molecule has 0 amide bonds. The summed E-state index contributed by atoms with van der Waals surface area (Å²) in [4.78, 5) is 0. The Bertz CT molecular complexity index is 314. The van der Waals surface area contributed by atoms with Crippen LogP contribution in [0.5, 0.6) is 0 Å². The predicted octanol–water partition coefficient (Wildman–Crippen LogP) is 2.35. The third-order valence-electron chi connectivity index (χ3n) is 2.56. The fraction of sp³-hybridized carbons (Fsp3) is 0.727. The molecule has 0 aliphatic heterocycles. The first-order valence-electron chi connectivity index (χ1n) is 5.62. The number of hydrogen-bond donors (Lipinski definition) is 1. The lowest BCUT2D eigenvalue weighted by molar-refractivity contribution is 0.182. The molecule has 0 radical (unpaired) electrons. The third-order valence-corrected chi connectivity index (χ3v) is 3.17. The molecule has 1 atom stereocenters. The fourth-order valence-corrected chi connectivity index (χ4v) is 2.33. The van der Waals surface area contributed by atoms with Crippen molar-refractivity contribution in [1.82, 2.24) is 15.1 Å². The van der Waals surface area contributed by atoms with E-state index in [1.807, 2.05) is 13.2 Å². The van der Waals surface area contributed by atoms with E-state index >= 15 is 0 Å². The number of ether oxygens (including phenoxy) is 1. The SMILES string of the molecule is CCCn1ncc(Br)c1C(CCOC)NC. The monoisotopic (exact) mass is 289 g/mol. The summed E-state index contributed by atoms with van der Waals surface area (Å²) in [5, 5.41) is 7.68. The van der Waals surface area contributed by atoms with Crippen LogP contribution in [0.25, 0.3) is 0 Å². The second-order valence-corrected chi connectivity index (χ2v) is 4.58. The van der Waals surface area contributed by atoms with Crippen molar-refractivity contribution < 1.29 is 4.74 Å². The van der Waals surface area contributed by atoms with E-state index < -0.39 is 0 Å². The minimum absolute atomic E-state index is 0.281. The minimum atomic E-state index is 0.281. The van der Waals surface area contributed by atoms with Crippen LogP contribution in [-0.2, 0) is 11.3 Å². The van der Waals surface area contributed by atoms with E-state index in [0.29, 0.717) is 0 Å². The third kappa shape index (κ3) is 3.30. The number of aromatic nitrogens is 2. The molecular formula is C11H20BrN3O. The van der Waals surface area contributed by atoms with Crippen LogP contribution in [0.3, 0.4) is 0 Å². The number of nitrogens with one attached hydrogen (secondary N) is 1. The maximum Gasteiger partial charge on any atom is 0.0696 e. The van der Waals surface area contributed by atoms with E-state index in [1.165, 1.54) is 5.69 Å². The number of methoxy groups -OCH3 is 1. The van der Waals surface area contributed by atoms with Crippen molar-refractivity contribution >= 4 is 15.9 Å². The Labute approximate surface area is 105 Å². The molecule has 92 valence electrons. The summed E-state index contributed by atoms with van der Waals surface area (Å²) >= 11 is 3.56. The van der Waals surface area contributed by atoms with Gasteiger partial charge in [0.25, 0.3) is 0 Å². The van der Waals surface area contributed by atoms with Crippen LogP contribution in [0.2, 0.25) is 0 Å². The lowest BCUT2D eigenvalue weighted by atomic mass is 10.1. The summed E-state index contributed by atoms with van der Waals surface area (Å²) in [7, 11) is 3.70. The van der Waals surface area contributed by atoms with Gasteiger partial charge in [0, 0.05) is 20.3 Å². The summed E-state index contributed by atoms with van der Waals surface area (Å²) in [5.41, 5.74) is 1.21. The summed E-state index contributed by atoms with van der Waals surface area (Å²) in [6.45, 7) is 3.85. The Kier molecular flexibility index (Phi) is 6.01. The van der Waals surface area contributed by atoms with Gasteiger partial charge in [0.1, 0.15) is 0 Å². The number of halogens is 1. The topological polar surface area (TPSA) is 39.1 Å². The molecule has 16 heavy (non-hydrogen) atoms. The molecule has 1 rings (SSSR count). The van der Waals surface area contributed by atoms with Crippen LogP contribution in [0.15, 0.2) is 10.7 Å². The summed E-state index contributed by atoms with van der Waals surface area (Å²) in [6, 6.07) is 0.281. The van der Waals surface area contributed by atoms with Crippen LogP contribution < -0.4 is 5.32 Å². The molecule has 0 aliphatic rings. The molecule has 0 aliphatic carbocycles. The van der Waals surface area contributed by atoms with E-state index in [-0.39, 0.29) is 6.04 Å². The lowest BCUT2D eigenvalue weighted by Crippen LogP contribution is -2.22. The van der Waals surface area contributed by atoms with Crippen LogP contribution in [0.1, 0.15) is 31.5 Å². The van der Waals surface area contributed by atoms with Gasteiger partial charge in [-0.2, -0.15) is 5.10 Å². The van der Waals surface area contributed by atoms with Crippen molar-refractivity contribution in [2.75, 3.05) is 20.8 Å². The minimum Gasteiger partial charge on any atom is -0.385 e. The second kappa shape index (κ2) is 7.04. The van der Waals surface area contributed by atoms with Gasteiger partial charge >= 0.3 is 0 Å². The van der Waals surface area contributed by atoms with Gasteiger partial charge in [-0.25, -0.2) is 0 Å². The molecule has 0 bridgehead atoms. The summed E-state index contributed by atoms with van der Waals surface area (Å²) in [5.74, 6) is 0. The van der Waals surface area contributed by atoms with Crippen molar-refractivity contribution in [1.29, 1.82) is 0 Å². The Morgan fingerprint density at radius 2 is 2.38 bits per heavy atom. The normalized spacial score (nSPS) is 13.0. The highest BCUT2D eigenvalue weighted by atomic mass is 79.9. The summed E-state index contributed by atoms with van der Waals surface area (Å²) in [6.07, 6.45) is 3.89. The van der Waals surface area contributed by atoms with Gasteiger partial charge in [0.05, 0.1) is 22.4 Å². The molecular weight excluding hydrogens is 270 g/mol. The standard InChI is InChI=1S/C11H20BrN3O/c1-4-6-15-11(9(12)8-14-15)10(13-2)5-7-16-3/h8,10,13H,4-7H2,1-3H3. The van der Waals surface area contributed by atoms with Crippen LogP contribution >= 0.6 is 15.9 Å². The van der Waals surface area contributed by atoms with E-state index in [2.05, 4.69) is 38.0 Å². The van der Waals surface area contributed by atoms with Crippen molar-refractivity contribution in [3.05, 3.63) is 16.4 Å². The largest absolute Gasteiger partial charge is 0.385 e. The molecule has 0 fully saturated rings. The first kappa shape index (κ1) is 13.7. The van der Waals surface area contributed by atoms with Crippen molar-refractivity contribution in [2.45, 2.75) is 32.4 Å². The molecule has 1 aromatic rings. The highest BCUT2D eigenvalue weighted by Crippen LogP contribution is 2.25. The van der Waals surface area contributed by atoms with Crippen molar-refractivity contribution in [3.63, 3.8) is 0 Å². The van der Waals surface area contributed by atoms with Crippen molar-refractivity contribution in [2.24, 2.45) is 0 Å². The van der Waals surface area contributed by atoms with E-state index in [1.54, 1.807) is 7.11 Å². The van der Waals surface area contributed by atoms with Gasteiger partial charge in [-0.05, 0) is 35.8 Å². The number of hydrogen-bond acceptors (Lipinski definition) is 3. The lowest BCUT2D eigenvalue weighted by Gasteiger charge is -2.18. The average molecular weight is 290 g/mol. The Morgan fingerprint density at radius 3 is 2.94 bits per heavy atom. The van der Waals surface area contributed by atoms with E-state index in [4.69, 9.17) is 4.74 Å². The highest BCUT2D eigenvalue weighted by Gasteiger charge is 2.17. The Morgan fingerprint density at radius 1 is 1.62 bits per heavy atom. The number of rotatable bonds is 7. The molecule has 1 heterocycles. The number of nitrogens with zero attached hydrogens (tertiary/aromatic N) is 2. The first-order chi connectivity index (χ1) is 7.74. The molecule has 5 heteroatoms. The van der Waals surface area contributed by atoms with Gasteiger partial charge in [0.2, 0.25) is 0 Å². The molecule has 0 aromatic carbocycles. The fourth-order valence-electron chi connectivity index (χ4n) is 1.76. The van der Waals surface area contributed by atoms with E-state index in [0.717, 1.165) is 30.5 Å². The van der Waals surface area contributed by atoms with Gasteiger partial charge in [-0.15, -0.1) is 0 Å². The molecule has 0 saturated carbocycles. The van der Waals surface area contributed by atoms with Crippen molar-refractivity contribution in [3.8, 4) is 0 Å². The zero-order valence-electron chi connectivity index (χ0n) is 10.2. The van der Waals surface area contributed by atoms with Gasteiger partial charge in [-0.1, -0.05) is 6.92 Å². The first-order valence-corrected chi connectivity index (χ1v) is 6.41. The smallest absolute Gasteiger partial charge is 0.0696 e. The van der Waals surface area contributed by atoms with Crippen LogP contribution in [0.4, 0.5) is 0 Å². The quantitative estimate of drug-likeness (QED) is 0.838.